The molecule has 1 aliphatic heterocycles. The molecule has 1 saturated heterocycles. The van der Waals surface area contributed by atoms with Crippen molar-refractivity contribution < 1.29 is 24.2 Å². The molecule has 0 aromatic heterocycles. The number of rotatable bonds is 6. The first-order chi connectivity index (χ1) is 16.3. The van der Waals surface area contributed by atoms with Gasteiger partial charge in [0.05, 0.1) is 24.0 Å². The second kappa shape index (κ2) is 9.03. The van der Waals surface area contributed by atoms with Crippen LogP contribution in [0.25, 0.3) is 0 Å². The molecular formula is C26H31N3O5. The van der Waals surface area contributed by atoms with E-state index in [1.54, 1.807) is 24.3 Å². The predicted octanol–water partition coefficient (Wildman–Crippen LogP) is 2.41. The first-order valence-electron chi connectivity index (χ1n) is 12.3. The number of likely N-dealkylation sites (tertiary alicyclic amines) is 1. The molecule has 1 heterocycles. The summed E-state index contributed by atoms with van der Waals surface area (Å²) < 4.78 is 5.27. The summed E-state index contributed by atoms with van der Waals surface area (Å²) in [6.07, 6.45) is 5.99. The molecule has 0 spiro atoms. The SMILES string of the molecule is N#CCc1ccc(NC(=O)COC(=O)[C@@H]2CC(O)CN2C(=O)C23CC4CC(CC(C4)C2)C3)cc1. The number of carbonyl (C=O) groups is 3. The van der Waals surface area contributed by atoms with Crippen molar-refractivity contribution >= 4 is 23.5 Å². The predicted molar refractivity (Wildman–Crippen MR) is 122 cm³/mol. The summed E-state index contributed by atoms with van der Waals surface area (Å²) in [6.45, 7) is -0.327. The lowest BCUT2D eigenvalue weighted by molar-refractivity contribution is -0.166. The van der Waals surface area contributed by atoms with Gasteiger partial charge in [0.1, 0.15) is 6.04 Å². The Morgan fingerprint density at radius 3 is 2.26 bits per heavy atom. The lowest BCUT2D eigenvalue weighted by atomic mass is 9.49. The summed E-state index contributed by atoms with van der Waals surface area (Å²) in [5.74, 6) is 0.669. The van der Waals surface area contributed by atoms with Gasteiger partial charge in [0, 0.05) is 18.7 Å². The maximum Gasteiger partial charge on any atom is 0.329 e. The van der Waals surface area contributed by atoms with Crippen molar-refractivity contribution in [2.75, 3.05) is 18.5 Å². The zero-order valence-electron chi connectivity index (χ0n) is 19.2. The van der Waals surface area contributed by atoms with Gasteiger partial charge < -0.3 is 20.1 Å². The van der Waals surface area contributed by atoms with Gasteiger partial charge in [-0.2, -0.15) is 5.26 Å². The molecule has 5 aliphatic rings. The highest BCUT2D eigenvalue weighted by Gasteiger charge is 2.57. The number of esters is 1. The van der Waals surface area contributed by atoms with Crippen molar-refractivity contribution in [2.45, 2.75) is 63.5 Å². The third-order valence-corrected chi connectivity index (χ3v) is 8.17. The van der Waals surface area contributed by atoms with E-state index in [0.29, 0.717) is 23.4 Å². The average Bonchev–Trinajstić information content (AvgIpc) is 3.19. The Hall–Kier alpha value is -2.92. The van der Waals surface area contributed by atoms with Crippen LogP contribution in [0.15, 0.2) is 24.3 Å². The second-order valence-corrected chi connectivity index (χ2v) is 10.7. The average molecular weight is 466 g/mol. The minimum absolute atomic E-state index is 0.00740. The zero-order chi connectivity index (χ0) is 23.9. The fourth-order valence-electron chi connectivity index (χ4n) is 7.17. The number of hydrogen-bond acceptors (Lipinski definition) is 6. The molecule has 180 valence electrons. The molecule has 4 bridgehead atoms. The molecule has 2 N–H and O–H groups in total. The fraction of sp³-hybridized carbons (Fsp3) is 0.615. The Bertz CT molecular complexity index is 979. The van der Waals surface area contributed by atoms with E-state index in [4.69, 9.17) is 10.00 Å². The van der Waals surface area contributed by atoms with Crippen LogP contribution in [0.4, 0.5) is 5.69 Å². The van der Waals surface area contributed by atoms with Crippen molar-refractivity contribution in [1.29, 1.82) is 5.26 Å². The van der Waals surface area contributed by atoms with E-state index in [0.717, 1.165) is 24.8 Å². The Labute approximate surface area is 199 Å². The molecule has 8 heteroatoms. The number of nitriles is 1. The maximum absolute atomic E-state index is 13.7. The van der Waals surface area contributed by atoms with E-state index < -0.39 is 36.0 Å². The van der Waals surface area contributed by atoms with Crippen molar-refractivity contribution in [3.05, 3.63) is 29.8 Å². The van der Waals surface area contributed by atoms with Crippen LogP contribution in [0.2, 0.25) is 0 Å². The second-order valence-electron chi connectivity index (χ2n) is 10.7. The lowest BCUT2D eigenvalue weighted by Gasteiger charge is -2.56. The molecular weight excluding hydrogens is 434 g/mol. The molecule has 2 amide bonds. The number of carbonyl (C=O) groups excluding carboxylic acids is 3. The van der Waals surface area contributed by atoms with Crippen LogP contribution >= 0.6 is 0 Å². The molecule has 8 nitrogen and oxygen atoms in total. The number of aliphatic hydroxyl groups is 1. The molecule has 1 unspecified atom stereocenters. The Morgan fingerprint density at radius 2 is 1.68 bits per heavy atom. The van der Waals surface area contributed by atoms with Gasteiger partial charge in [-0.15, -0.1) is 0 Å². The molecule has 34 heavy (non-hydrogen) atoms. The zero-order valence-corrected chi connectivity index (χ0v) is 19.2. The van der Waals surface area contributed by atoms with E-state index in [1.165, 1.54) is 24.2 Å². The first kappa shape index (κ1) is 22.9. The van der Waals surface area contributed by atoms with E-state index >= 15 is 0 Å². The molecule has 4 saturated carbocycles. The highest BCUT2D eigenvalue weighted by Crippen LogP contribution is 2.60. The largest absolute Gasteiger partial charge is 0.454 e. The van der Waals surface area contributed by atoms with Gasteiger partial charge in [0.2, 0.25) is 5.91 Å². The van der Waals surface area contributed by atoms with Crippen LogP contribution in [0, 0.1) is 34.5 Å². The minimum Gasteiger partial charge on any atom is -0.454 e. The third kappa shape index (κ3) is 4.41. The van der Waals surface area contributed by atoms with E-state index in [9.17, 15) is 19.5 Å². The summed E-state index contributed by atoms with van der Waals surface area (Å²) in [5, 5.41) is 21.7. The molecule has 4 aliphatic carbocycles. The Balaban J connectivity index is 1.19. The van der Waals surface area contributed by atoms with Crippen LogP contribution in [0.3, 0.4) is 0 Å². The maximum atomic E-state index is 13.7. The van der Waals surface area contributed by atoms with Gasteiger partial charge in [-0.25, -0.2) is 4.79 Å². The monoisotopic (exact) mass is 465 g/mol. The molecule has 1 aromatic rings. The van der Waals surface area contributed by atoms with E-state index in [1.807, 2.05) is 0 Å². The van der Waals surface area contributed by atoms with Crippen LogP contribution in [0.1, 0.15) is 50.5 Å². The summed E-state index contributed by atoms with van der Waals surface area (Å²) in [6, 6.07) is 8.08. The summed E-state index contributed by atoms with van der Waals surface area (Å²) in [5.41, 5.74) is 0.986. The van der Waals surface area contributed by atoms with Crippen molar-refractivity contribution in [3.8, 4) is 6.07 Å². The summed E-state index contributed by atoms with van der Waals surface area (Å²) in [7, 11) is 0. The van der Waals surface area contributed by atoms with Gasteiger partial charge in [-0.1, -0.05) is 12.1 Å². The van der Waals surface area contributed by atoms with Crippen LogP contribution in [0.5, 0.6) is 0 Å². The molecule has 1 aromatic carbocycles. The number of nitrogens with zero attached hydrogens (tertiary/aromatic N) is 2. The van der Waals surface area contributed by atoms with Gasteiger partial charge in [-0.05, 0) is 74.0 Å². The molecule has 2 atom stereocenters. The van der Waals surface area contributed by atoms with Crippen molar-refractivity contribution in [1.82, 2.24) is 4.90 Å². The van der Waals surface area contributed by atoms with Crippen molar-refractivity contribution in [2.24, 2.45) is 23.2 Å². The Kier molecular flexibility index (Phi) is 6.07. The Morgan fingerprint density at radius 1 is 1.06 bits per heavy atom. The minimum atomic E-state index is -0.853. The van der Waals surface area contributed by atoms with E-state index in [-0.39, 0.29) is 25.3 Å². The number of amides is 2. The molecule has 0 radical (unpaired) electrons. The van der Waals surface area contributed by atoms with Crippen molar-refractivity contribution in [3.63, 3.8) is 0 Å². The topological polar surface area (TPSA) is 120 Å². The number of aliphatic hydroxyl groups excluding tert-OH is 1. The van der Waals surface area contributed by atoms with Crippen LogP contribution in [-0.4, -0.2) is 53.1 Å². The van der Waals surface area contributed by atoms with Gasteiger partial charge >= 0.3 is 5.97 Å². The number of ether oxygens (including phenoxy) is 1. The van der Waals surface area contributed by atoms with Gasteiger partial charge in [0.15, 0.2) is 6.61 Å². The number of benzene rings is 1. The quantitative estimate of drug-likeness (QED) is 0.623. The number of hydrogen-bond donors (Lipinski definition) is 2. The van der Waals surface area contributed by atoms with Gasteiger partial charge in [0.25, 0.3) is 5.91 Å². The third-order valence-electron chi connectivity index (χ3n) is 8.17. The number of nitrogens with one attached hydrogen (secondary N) is 1. The lowest BCUT2D eigenvalue weighted by Crippen LogP contribution is -2.56. The normalized spacial score (nSPS) is 33.4. The standard InChI is InChI=1S/C26H31N3O5/c27-6-5-16-1-3-20(4-2-16)28-23(31)15-34-24(32)22-10-21(30)14-29(22)25(33)26-11-17-7-18(12-26)9-19(8-17)13-26/h1-4,17-19,21-22,30H,5,7-15H2,(H,28,31)/t17?,18?,19?,21?,22-,26?/m0/s1. The number of anilines is 1. The highest BCUT2D eigenvalue weighted by atomic mass is 16.5. The number of β-amino-alcohol motifs (C(OH)–C–C–N with tert-alkyl or cyclic N) is 1. The fourth-order valence-corrected chi connectivity index (χ4v) is 7.17. The van der Waals surface area contributed by atoms with E-state index in [2.05, 4.69) is 11.4 Å². The summed E-state index contributed by atoms with van der Waals surface area (Å²) >= 11 is 0. The first-order valence-corrected chi connectivity index (χ1v) is 12.3. The molecule has 5 fully saturated rings. The highest BCUT2D eigenvalue weighted by molar-refractivity contribution is 5.94. The van der Waals surface area contributed by atoms with Crippen LogP contribution in [-0.2, 0) is 25.5 Å². The molecule has 6 rings (SSSR count). The van der Waals surface area contributed by atoms with Gasteiger partial charge in [-0.3, -0.25) is 9.59 Å². The smallest absolute Gasteiger partial charge is 0.329 e. The van der Waals surface area contributed by atoms with Crippen LogP contribution < -0.4 is 5.32 Å². The summed E-state index contributed by atoms with van der Waals surface area (Å²) in [4.78, 5) is 40.4.